The molecule has 1 atom stereocenters. The quantitative estimate of drug-likeness (QED) is 0.622. The fourth-order valence-corrected chi connectivity index (χ4v) is 2.80. The van der Waals surface area contributed by atoms with Gasteiger partial charge in [0.05, 0.1) is 0 Å². The number of carbonyl (C=O) groups excluding carboxylic acids is 3. The zero-order chi connectivity index (χ0) is 21.4. The number of benzene rings is 2. The Morgan fingerprint density at radius 2 is 1.52 bits per heavy atom. The Kier molecular flexibility index (Phi) is 7.77. The molecule has 0 radical (unpaired) electrons. The van der Waals surface area contributed by atoms with Crippen molar-refractivity contribution in [2.75, 3.05) is 17.2 Å². The maximum absolute atomic E-state index is 12.4. The van der Waals surface area contributed by atoms with Crippen molar-refractivity contribution >= 4 is 29.3 Å². The molecule has 0 aliphatic rings. The Labute approximate surface area is 170 Å². The molecule has 154 valence electrons. The van der Waals surface area contributed by atoms with E-state index in [0.29, 0.717) is 11.4 Å². The van der Waals surface area contributed by atoms with Gasteiger partial charge in [-0.15, -0.1) is 0 Å². The number of amides is 3. The first-order valence-electron chi connectivity index (χ1n) is 9.42. The van der Waals surface area contributed by atoms with Crippen molar-refractivity contribution in [3.05, 3.63) is 59.7 Å². The van der Waals surface area contributed by atoms with E-state index in [1.165, 1.54) is 0 Å². The van der Waals surface area contributed by atoms with E-state index in [1.54, 1.807) is 38.1 Å². The van der Waals surface area contributed by atoms with Gasteiger partial charge in [0, 0.05) is 11.4 Å². The summed E-state index contributed by atoms with van der Waals surface area (Å²) in [7, 11) is 0. The number of esters is 1. The van der Waals surface area contributed by atoms with Crippen LogP contribution in [0.3, 0.4) is 0 Å². The molecular weight excluding hydrogens is 370 g/mol. The van der Waals surface area contributed by atoms with E-state index >= 15 is 0 Å². The average molecular weight is 397 g/mol. The minimum atomic E-state index is -0.882. The van der Waals surface area contributed by atoms with Crippen LogP contribution >= 0.6 is 0 Å². The highest BCUT2D eigenvalue weighted by atomic mass is 16.5. The van der Waals surface area contributed by atoms with Gasteiger partial charge in [0.15, 0.2) is 6.61 Å². The molecule has 29 heavy (non-hydrogen) atoms. The fraction of sp³-hybridized carbons (Fsp3) is 0.318. The summed E-state index contributed by atoms with van der Waals surface area (Å²) in [6.45, 7) is 7.00. The molecule has 0 fully saturated rings. The summed E-state index contributed by atoms with van der Waals surface area (Å²) in [5.74, 6) is -1.33. The van der Waals surface area contributed by atoms with Crippen molar-refractivity contribution < 1.29 is 19.1 Å². The number of carbonyl (C=O) groups is 3. The molecular formula is C22H27N3O4. The second-order valence-electron chi connectivity index (χ2n) is 7.22. The van der Waals surface area contributed by atoms with Crippen LogP contribution in [-0.2, 0) is 14.3 Å². The number of para-hydroxylation sites is 1. The van der Waals surface area contributed by atoms with Gasteiger partial charge in [-0.1, -0.05) is 38.1 Å². The third kappa shape index (κ3) is 7.29. The number of aryl methyl sites for hydroxylation is 2. The number of nitrogens with one attached hydrogen (secondary N) is 3. The van der Waals surface area contributed by atoms with E-state index in [-0.39, 0.29) is 5.92 Å². The van der Waals surface area contributed by atoms with Crippen LogP contribution in [0, 0.1) is 19.8 Å². The summed E-state index contributed by atoms with van der Waals surface area (Å²) in [6, 6.07) is 13.1. The van der Waals surface area contributed by atoms with Crippen molar-refractivity contribution in [3.63, 3.8) is 0 Å². The van der Waals surface area contributed by atoms with Crippen molar-refractivity contribution in [1.82, 2.24) is 5.32 Å². The van der Waals surface area contributed by atoms with Gasteiger partial charge < -0.3 is 20.7 Å². The van der Waals surface area contributed by atoms with E-state index < -0.39 is 30.6 Å². The van der Waals surface area contributed by atoms with Crippen LogP contribution in [-0.4, -0.2) is 30.6 Å². The maximum atomic E-state index is 12.4. The number of hydrogen-bond donors (Lipinski definition) is 3. The zero-order valence-corrected chi connectivity index (χ0v) is 17.1. The van der Waals surface area contributed by atoms with Gasteiger partial charge >= 0.3 is 12.0 Å². The zero-order valence-electron chi connectivity index (χ0n) is 17.1. The highest BCUT2D eigenvalue weighted by molar-refractivity contribution is 5.95. The monoisotopic (exact) mass is 397 g/mol. The molecule has 2 rings (SSSR count). The van der Waals surface area contributed by atoms with Crippen LogP contribution < -0.4 is 16.0 Å². The summed E-state index contributed by atoms with van der Waals surface area (Å²) in [4.78, 5) is 36.7. The maximum Gasteiger partial charge on any atom is 0.329 e. The van der Waals surface area contributed by atoms with Crippen molar-refractivity contribution in [2.24, 2.45) is 5.92 Å². The van der Waals surface area contributed by atoms with Gasteiger partial charge in [0.25, 0.3) is 5.91 Å². The molecule has 0 aliphatic carbocycles. The summed E-state index contributed by atoms with van der Waals surface area (Å²) in [5, 5.41) is 7.95. The summed E-state index contributed by atoms with van der Waals surface area (Å²) < 4.78 is 5.12. The predicted molar refractivity (Wildman–Crippen MR) is 113 cm³/mol. The molecule has 0 aliphatic heterocycles. The molecule has 3 amide bonds. The smallest absolute Gasteiger partial charge is 0.329 e. The molecule has 0 bridgehead atoms. The second kappa shape index (κ2) is 10.3. The number of ether oxygens (including phenoxy) is 1. The Bertz CT molecular complexity index is 845. The highest BCUT2D eigenvalue weighted by Crippen LogP contribution is 2.14. The lowest BCUT2D eigenvalue weighted by atomic mass is 10.1. The van der Waals surface area contributed by atoms with Crippen LogP contribution in [0.1, 0.15) is 25.0 Å². The van der Waals surface area contributed by atoms with Crippen LogP contribution in [0.4, 0.5) is 16.2 Å². The molecule has 0 saturated carbocycles. The molecule has 7 nitrogen and oxygen atoms in total. The van der Waals surface area contributed by atoms with Crippen molar-refractivity contribution in [3.8, 4) is 0 Å². The lowest BCUT2D eigenvalue weighted by Crippen LogP contribution is -2.47. The van der Waals surface area contributed by atoms with E-state index in [2.05, 4.69) is 16.0 Å². The second-order valence-corrected chi connectivity index (χ2v) is 7.22. The van der Waals surface area contributed by atoms with E-state index in [0.717, 1.165) is 11.1 Å². The number of hydrogen-bond acceptors (Lipinski definition) is 4. The van der Waals surface area contributed by atoms with Gasteiger partial charge in [0.1, 0.15) is 6.04 Å². The molecule has 3 N–H and O–H groups in total. The Morgan fingerprint density at radius 1 is 0.897 bits per heavy atom. The molecule has 0 spiro atoms. The molecule has 0 aromatic heterocycles. The first kappa shape index (κ1) is 21.9. The molecule has 2 aromatic carbocycles. The summed E-state index contributed by atoms with van der Waals surface area (Å²) >= 11 is 0. The lowest BCUT2D eigenvalue weighted by molar-refractivity contribution is -0.150. The standard InChI is InChI=1S/C22H27N3O4/c1-14(2)20(25-22(28)24-17-8-6-5-7-9-17)21(27)29-13-19(26)23-18-11-15(3)10-16(4)12-18/h5-12,14,20H,13H2,1-4H3,(H,23,26)(H2,24,25,28)/t20-/m1/s1. The lowest BCUT2D eigenvalue weighted by Gasteiger charge is -2.21. The third-order valence-corrected chi connectivity index (χ3v) is 4.09. The average Bonchev–Trinajstić information content (AvgIpc) is 2.64. The first-order valence-corrected chi connectivity index (χ1v) is 9.42. The molecule has 2 aromatic rings. The van der Waals surface area contributed by atoms with E-state index in [4.69, 9.17) is 4.74 Å². The minimum Gasteiger partial charge on any atom is -0.454 e. The van der Waals surface area contributed by atoms with Gasteiger partial charge in [0.2, 0.25) is 0 Å². The number of rotatable bonds is 7. The van der Waals surface area contributed by atoms with Crippen molar-refractivity contribution in [2.45, 2.75) is 33.7 Å². The summed E-state index contributed by atoms with van der Waals surface area (Å²) in [5.41, 5.74) is 3.29. The van der Waals surface area contributed by atoms with Crippen LogP contribution in [0.25, 0.3) is 0 Å². The molecule has 0 unspecified atom stereocenters. The van der Waals surface area contributed by atoms with Gasteiger partial charge in [-0.25, -0.2) is 9.59 Å². The van der Waals surface area contributed by atoms with Crippen molar-refractivity contribution in [1.29, 1.82) is 0 Å². The number of urea groups is 1. The topological polar surface area (TPSA) is 96.5 Å². The molecule has 0 heterocycles. The van der Waals surface area contributed by atoms with E-state index in [1.807, 2.05) is 38.1 Å². The Balaban J connectivity index is 1.88. The Morgan fingerprint density at radius 3 is 2.10 bits per heavy atom. The number of anilines is 2. The normalized spacial score (nSPS) is 11.5. The third-order valence-electron chi connectivity index (χ3n) is 4.09. The molecule has 0 saturated heterocycles. The van der Waals surface area contributed by atoms with Gasteiger partial charge in [-0.3, -0.25) is 4.79 Å². The highest BCUT2D eigenvalue weighted by Gasteiger charge is 2.26. The van der Waals surface area contributed by atoms with E-state index in [9.17, 15) is 14.4 Å². The Hall–Kier alpha value is -3.35. The predicted octanol–water partition coefficient (Wildman–Crippen LogP) is 3.63. The first-order chi connectivity index (χ1) is 13.7. The SMILES string of the molecule is Cc1cc(C)cc(NC(=O)COC(=O)[C@H](NC(=O)Nc2ccccc2)C(C)C)c1. The molecule has 7 heteroatoms. The van der Waals surface area contributed by atoms with Crippen LogP contribution in [0.2, 0.25) is 0 Å². The largest absolute Gasteiger partial charge is 0.454 e. The van der Waals surface area contributed by atoms with Gasteiger partial charge in [-0.2, -0.15) is 0 Å². The van der Waals surface area contributed by atoms with Crippen LogP contribution in [0.15, 0.2) is 48.5 Å². The minimum absolute atomic E-state index is 0.216. The summed E-state index contributed by atoms with van der Waals surface area (Å²) in [6.07, 6.45) is 0. The van der Waals surface area contributed by atoms with Gasteiger partial charge in [-0.05, 0) is 55.2 Å². The fourth-order valence-electron chi connectivity index (χ4n) is 2.80. The van der Waals surface area contributed by atoms with Crippen LogP contribution in [0.5, 0.6) is 0 Å².